The molecule has 2 rings (SSSR count). The van der Waals surface area contributed by atoms with Crippen LogP contribution < -0.4 is 15.4 Å². The Hall–Kier alpha value is -2.07. The molecule has 0 aliphatic heterocycles. The van der Waals surface area contributed by atoms with Crippen molar-refractivity contribution in [1.82, 2.24) is 4.98 Å². The summed E-state index contributed by atoms with van der Waals surface area (Å²) in [4.78, 5) is 6.80. The van der Waals surface area contributed by atoms with Crippen LogP contribution in [0.5, 0.6) is 5.75 Å². The van der Waals surface area contributed by atoms with E-state index in [9.17, 15) is 0 Å². The van der Waals surface area contributed by atoms with Crippen molar-refractivity contribution >= 4 is 5.82 Å². The number of ether oxygens (including phenoxy) is 1. The van der Waals surface area contributed by atoms with Crippen molar-refractivity contribution in [3.8, 4) is 5.75 Å². The van der Waals surface area contributed by atoms with Crippen molar-refractivity contribution < 1.29 is 4.74 Å². The molecule has 4 nitrogen and oxygen atoms in total. The van der Waals surface area contributed by atoms with Crippen LogP contribution in [-0.2, 0) is 13.1 Å². The van der Waals surface area contributed by atoms with Gasteiger partial charge < -0.3 is 15.4 Å². The molecule has 0 aliphatic rings. The minimum atomic E-state index is 0.501. The van der Waals surface area contributed by atoms with E-state index in [0.717, 1.165) is 29.4 Å². The minimum Gasteiger partial charge on any atom is -0.497 e. The van der Waals surface area contributed by atoms with Gasteiger partial charge in [0.05, 0.1) is 7.11 Å². The normalized spacial score (nSPS) is 10.5. The third-order valence-electron chi connectivity index (χ3n) is 3.60. The fraction of sp³-hybridized carbons (Fsp3) is 0.353. The molecular formula is C17H23N3O. The molecule has 2 N–H and O–H groups in total. The summed E-state index contributed by atoms with van der Waals surface area (Å²) in [5, 5.41) is 0. The van der Waals surface area contributed by atoms with Crippen LogP contribution in [0.1, 0.15) is 22.4 Å². The van der Waals surface area contributed by atoms with Gasteiger partial charge in [-0.15, -0.1) is 0 Å². The Bertz CT molecular complexity index is 608. The fourth-order valence-electron chi connectivity index (χ4n) is 2.49. The summed E-state index contributed by atoms with van der Waals surface area (Å²) < 4.78 is 5.18. The number of methoxy groups -OCH3 is 1. The number of nitrogens with zero attached hydrogens (tertiary/aromatic N) is 2. The van der Waals surface area contributed by atoms with E-state index in [-0.39, 0.29) is 0 Å². The molecule has 0 saturated heterocycles. The first-order chi connectivity index (χ1) is 10.0. The summed E-state index contributed by atoms with van der Waals surface area (Å²) in [6.07, 6.45) is 0. The summed E-state index contributed by atoms with van der Waals surface area (Å²) in [7, 11) is 3.72. The number of pyridine rings is 1. The molecule has 0 saturated carbocycles. The van der Waals surface area contributed by atoms with E-state index in [2.05, 4.69) is 35.0 Å². The first-order valence-corrected chi connectivity index (χ1v) is 7.06. The van der Waals surface area contributed by atoms with Gasteiger partial charge in [-0.1, -0.05) is 12.1 Å². The van der Waals surface area contributed by atoms with Crippen LogP contribution in [-0.4, -0.2) is 19.1 Å². The van der Waals surface area contributed by atoms with Crippen molar-refractivity contribution in [3.05, 3.63) is 52.7 Å². The summed E-state index contributed by atoms with van der Waals surface area (Å²) >= 11 is 0. The maximum atomic E-state index is 5.89. The van der Waals surface area contributed by atoms with Gasteiger partial charge in [0.1, 0.15) is 11.6 Å². The Morgan fingerprint density at radius 3 is 2.43 bits per heavy atom. The topological polar surface area (TPSA) is 51.4 Å². The summed E-state index contributed by atoms with van der Waals surface area (Å²) in [5.41, 5.74) is 10.4. The Morgan fingerprint density at radius 1 is 1.19 bits per heavy atom. The summed E-state index contributed by atoms with van der Waals surface area (Å²) in [5.74, 6) is 1.83. The largest absolute Gasteiger partial charge is 0.497 e. The molecule has 0 bridgehead atoms. The van der Waals surface area contributed by atoms with Gasteiger partial charge in [-0.25, -0.2) is 4.98 Å². The molecule has 0 amide bonds. The van der Waals surface area contributed by atoms with E-state index in [1.54, 1.807) is 7.11 Å². The SMILES string of the molecule is COc1ccc(CN(C)c2nc(C)cc(C)c2CN)cc1. The molecule has 0 atom stereocenters. The van der Waals surface area contributed by atoms with Gasteiger partial charge >= 0.3 is 0 Å². The Kier molecular flexibility index (Phi) is 4.81. The van der Waals surface area contributed by atoms with Gasteiger partial charge in [-0.05, 0) is 43.2 Å². The van der Waals surface area contributed by atoms with Crippen LogP contribution in [0.15, 0.2) is 30.3 Å². The van der Waals surface area contributed by atoms with E-state index in [1.165, 1.54) is 11.1 Å². The lowest BCUT2D eigenvalue weighted by atomic mass is 10.1. The van der Waals surface area contributed by atoms with Crippen LogP contribution in [0.4, 0.5) is 5.82 Å². The fourth-order valence-corrected chi connectivity index (χ4v) is 2.49. The lowest BCUT2D eigenvalue weighted by Crippen LogP contribution is -2.21. The molecule has 1 aromatic carbocycles. The van der Waals surface area contributed by atoms with Gasteiger partial charge in [0.2, 0.25) is 0 Å². The molecule has 0 aliphatic carbocycles. The van der Waals surface area contributed by atoms with Crippen LogP contribution in [0, 0.1) is 13.8 Å². The second-order valence-corrected chi connectivity index (χ2v) is 5.29. The Morgan fingerprint density at radius 2 is 1.86 bits per heavy atom. The molecule has 0 unspecified atom stereocenters. The van der Waals surface area contributed by atoms with Crippen molar-refractivity contribution in [2.75, 3.05) is 19.1 Å². The lowest BCUT2D eigenvalue weighted by molar-refractivity contribution is 0.414. The van der Waals surface area contributed by atoms with Gasteiger partial charge in [-0.3, -0.25) is 0 Å². The highest BCUT2D eigenvalue weighted by molar-refractivity contribution is 5.51. The van der Waals surface area contributed by atoms with Crippen molar-refractivity contribution in [1.29, 1.82) is 0 Å². The monoisotopic (exact) mass is 285 g/mol. The average Bonchev–Trinajstić information content (AvgIpc) is 2.47. The Balaban J connectivity index is 2.25. The van der Waals surface area contributed by atoms with Crippen LogP contribution in [0.2, 0.25) is 0 Å². The standard InChI is InChI=1S/C17H23N3O/c1-12-9-13(2)19-17(16(12)10-18)20(3)11-14-5-7-15(21-4)8-6-14/h5-9H,10-11,18H2,1-4H3. The molecule has 1 heterocycles. The highest BCUT2D eigenvalue weighted by Gasteiger charge is 2.12. The second-order valence-electron chi connectivity index (χ2n) is 5.29. The van der Waals surface area contributed by atoms with Crippen molar-refractivity contribution in [2.24, 2.45) is 5.73 Å². The number of rotatable bonds is 5. The molecule has 1 aromatic heterocycles. The van der Waals surface area contributed by atoms with Crippen molar-refractivity contribution in [2.45, 2.75) is 26.9 Å². The third kappa shape index (κ3) is 3.52. The number of benzene rings is 1. The van der Waals surface area contributed by atoms with Crippen LogP contribution >= 0.6 is 0 Å². The summed E-state index contributed by atoms with van der Waals surface area (Å²) in [6.45, 7) is 5.38. The molecule has 112 valence electrons. The number of nitrogens with two attached hydrogens (primary N) is 1. The number of aromatic nitrogens is 1. The number of hydrogen-bond acceptors (Lipinski definition) is 4. The summed E-state index contributed by atoms with van der Waals surface area (Å²) in [6, 6.07) is 10.2. The van der Waals surface area contributed by atoms with Gasteiger partial charge in [0.15, 0.2) is 0 Å². The molecule has 0 radical (unpaired) electrons. The smallest absolute Gasteiger partial charge is 0.133 e. The highest BCUT2D eigenvalue weighted by atomic mass is 16.5. The predicted octanol–water partition coefficient (Wildman–Crippen LogP) is 2.80. The van der Waals surface area contributed by atoms with Gasteiger partial charge in [0, 0.05) is 31.4 Å². The zero-order chi connectivity index (χ0) is 15.4. The van der Waals surface area contributed by atoms with E-state index in [4.69, 9.17) is 10.5 Å². The predicted molar refractivity (Wildman–Crippen MR) is 86.7 cm³/mol. The van der Waals surface area contributed by atoms with Crippen LogP contribution in [0.3, 0.4) is 0 Å². The van der Waals surface area contributed by atoms with Crippen LogP contribution in [0.25, 0.3) is 0 Å². The molecule has 4 heteroatoms. The number of aryl methyl sites for hydroxylation is 2. The first-order valence-electron chi connectivity index (χ1n) is 7.06. The average molecular weight is 285 g/mol. The van der Waals surface area contributed by atoms with E-state index < -0.39 is 0 Å². The Labute approximate surface area is 126 Å². The lowest BCUT2D eigenvalue weighted by Gasteiger charge is -2.23. The number of hydrogen-bond donors (Lipinski definition) is 1. The quantitative estimate of drug-likeness (QED) is 0.918. The zero-order valence-corrected chi connectivity index (χ0v) is 13.2. The van der Waals surface area contributed by atoms with E-state index >= 15 is 0 Å². The van der Waals surface area contributed by atoms with E-state index in [1.807, 2.05) is 26.1 Å². The third-order valence-corrected chi connectivity index (χ3v) is 3.60. The maximum absolute atomic E-state index is 5.89. The zero-order valence-electron chi connectivity index (χ0n) is 13.2. The number of anilines is 1. The second kappa shape index (κ2) is 6.59. The first kappa shape index (κ1) is 15.3. The van der Waals surface area contributed by atoms with Gasteiger partial charge in [0.25, 0.3) is 0 Å². The molecule has 21 heavy (non-hydrogen) atoms. The molecular weight excluding hydrogens is 262 g/mol. The highest BCUT2D eigenvalue weighted by Crippen LogP contribution is 2.23. The minimum absolute atomic E-state index is 0.501. The van der Waals surface area contributed by atoms with Crippen molar-refractivity contribution in [3.63, 3.8) is 0 Å². The molecule has 0 spiro atoms. The van der Waals surface area contributed by atoms with E-state index in [0.29, 0.717) is 6.54 Å². The molecule has 2 aromatic rings. The molecule has 0 fully saturated rings. The maximum Gasteiger partial charge on any atom is 0.133 e. The van der Waals surface area contributed by atoms with Gasteiger partial charge in [-0.2, -0.15) is 0 Å².